The third-order valence-electron chi connectivity index (χ3n) is 3.74. The van der Waals surface area contributed by atoms with Crippen molar-refractivity contribution in [3.05, 3.63) is 29.8 Å². The molecule has 0 bridgehead atoms. The van der Waals surface area contributed by atoms with Crippen LogP contribution in [0.3, 0.4) is 0 Å². The molecule has 4 heteroatoms. The largest absolute Gasteiger partial charge is 0.389 e. The van der Waals surface area contributed by atoms with Crippen molar-refractivity contribution >= 4 is 11.6 Å². The van der Waals surface area contributed by atoms with Gasteiger partial charge in [0.1, 0.15) is 0 Å². The zero-order valence-corrected chi connectivity index (χ0v) is 12.4. The molecule has 2 N–H and O–H groups in total. The number of anilines is 1. The quantitative estimate of drug-likeness (QED) is 0.885. The van der Waals surface area contributed by atoms with Crippen molar-refractivity contribution in [2.45, 2.75) is 38.7 Å². The molecule has 1 fully saturated rings. The predicted octanol–water partition coefficient (Wildman–Crippen LogP) is 2.03. The van der Waals surface area contributed by atoms with Crippen molar-refractivity contribution in [1.29, 1.82) is 0 Å². The normalized spacial score (nSPS) is 23.6. The molecule has 1 aromatic rings. The molecular formula is C16H24N2O2. The molecule has 0 spiro atoms. The van der Waals surface area contributed by atoms with Gasteiger partial charge >= 0.3 is 0 Å². The number of carbonyl (C=O) groups is 1. The van der Waals surface area contributed by atoms with E-state index in [1.165, 1.54) is 5.56 Å². The molecular weight excluding hydrogens is 252 g/mol. The maximum absolute atomic E-state index is 12.1. The van der Waals surface area contributed by atoms with Crippen LogP contribution in [0.2, 0.25) is 0 Å². The summed E-state index contributed by atoms with van der Waals surface area (Å²) in [5.41, 5.74) is 1.39. The monoisotopic (exact) mass is 276 g/mol. The van der Waals surface area contributed by atoms with Crippen molar-refractivity contribution in [3.8, 4) is 0 Å². The third-order valence-corrected chi connectivity index (χ3v) is 3.74. The molecule has 1 amide bonds. The Balaban J connectivity index is 1.88. The van der Waals surface area contributed by atoms with E-state index in [1.807, 2.05) is 30.0 Å². The molecule has 110 valence electrons. The Hall–Kier alpha value is -1.39. The van der Waals surface area contributed by atoms with Crippen LogP contribution in [0.25, 0.3) is 0 Å². The number of hydrogen-bond acceptors (Lipinski definition) is 3. The van der Waals surface area contributed by atoms with E-state index in [0.717, 1.165) is 31.5 Å². The molecule has 2 rings (SSSR count). The van der Waals surface area contributed by atoms with Gasteiger partial charge in [-0.1, -0.05) is 19.1 Å². The minimum atomic E-state index is -0.666. The van der Waals surface area contributed by atoms with Crippen LogP contribution in [0.1, 0.15) is 32.3 Å². The Kier molecular flexibility index (Phi) is 4.78. The van der Waals surface area contributed by atoms with Gasteiger partial charge in [-0.2, -0.15) is 0 Å². The van der Waals surface area contributed by atoms with E-state index in [9.17, 15) is 9.90 Å². The second-order valence-electron chi connectivity index (χ2n) is 5.91. The van der Waals surface area contributed by atoms with E-state index in [-0.39, 0.29) is 5.91 Å². The van der Waals surface area contributed by atoms with Crippen LogP contribution in [0.5, 0.6) is 0 Å². The van der Waals surface area contributed by atoms with Crippen molar-refractivity contribution < 1.29 is 9.90 Å². The average Bonchev–Trinajstić information content (AvgIpc) is 2.37. The number of hydrogen-bond donors (Lipinski definition) is 2. The summed E-state index contributed by atoms with van der Waals surface area (Å²) in [6, 6.07) is 7.92. The van der Waals surface area contributed by atoms with Gasteiger partial charge < -0.3 is 10.4 Å². The highest BCUT2D eigenvalue weighted by atomic mass is 16.3. The van der Waals surface area contributed by atoms with Crippen LogP contribution < -0.4 is 5.32 Å². The predicted molar refractivity (Wildman–Crippen MR) is 80.7 cm³/mol. The maximum atomic E-state index is 12.1. The molecule has 0 saturated carbocycles. The zero-order chi connectivity index (χ0) is 14.6. The SMILES string of the molecule is CCc1cccc(NC(=O)CN2CCCC(C)(O)C2)c1. The molecule has 1 atom stereocenters. The minimum Gasteiger partial charge on any atom is -0.389 e. The molecule has 20 heavy (non-hydrogen) atoms. The smallest absolute Gasteiger partial charge is 0.238 e. The first-order valence-corrected chi connectivity index (χ1v) is 7.32. The summed E-state index contributed by atoms with van der Waals surface area (Å²) in [5.74, 6) is -0.0176. The molecule has 0 aliphatic carbocycles. The number of aryl methyl sites for hydroxylation is 1. The summed E-state index contributed by atoms with van der Waals surface area (Å²) in [6.07, 6.45) is 2.70. The van der Waals surface area contributed by atoms with Gasteiger partial charge in [0.05, 0.1) is 12.1 Å². The Bertz CT molecular complexity index is 471. The Labute approximate surface area is 120 Å². The van der Waals surface area contributed by atoms with E-state index in [2.05, 4.69) is 18.3 Å². The molecule has 1 heterocycles. The summed E-state index contributed by atoms with van der Waals surface area (Å²) in [6.45, 7) is 5.71. The van der Waals surface area contributed by atoms with Gasteiger partial charge in [0.25, 0.3) is 0 Å². The van der Waals surface area contributed by atoms with Gasteiger partial charge in [0.15, 0.2) is 0 Å². The second-order valence-corrected chi connectivity index (χ2v) is 5.91. The van der Waals surface area contributed by atoms with Crippen molar-refractivity contribution in [2.75, 3.05) is 25.0 Å². The number of β-amino-alcohol motifs (C(OH)–C–C–N with tert-alkyl or cyclic N) is 1. The number of nitrogens with zero attached hydrogens (tertiary/aromatic N) is 1. The van der Waals surface area contributed by atoms with Gasteiger partial charge in [-0.25, -0.2) is 0 Å². The number of nitrogens with one attached hydrogen (secondary N) is 1. The zero-order valence-electron chi connectivity index (χ0n) is 12.4. The number of carbonyl (C=O) groups excluding carboxylic acids is 1. The van der Waals surface area contributed by atoms with Crippen molar-refractivity contribution in [1.82, 2.24) is 4.90 Å². The molecule has 1 aliphatic heterocycles. The highest BCUT2D eigenvalue weighted by molar-refractivity contribution is 5.92. The highest BCUT2D eigenvalue weighted by Gasteiger charge is 2.29. The van der Waals surface area contributed by atoms with E-state index in [0.29, 0.717) is 13.1 Å². The van der Waals surface area contributed by atoms with Crippen LogP contribution in [0.15, 0.2) is 24.3 Å². The number of piperidine rings is 1. The molecule has 1 aliphatic rings. The highest BCUT2D eigenvalue weighted by Crippen LogP contribution is 2.20. The van der Waals surface area contributed by atoms with Gasteiger partial charge in [-0.05, 0) is 50.4 Å². The average molecular weight is 276 g/mol. The van der Waals surface area contributed by atoms with Crippen molar-refractivity contribution in [2.24, 2.45) is 0 Å². The molecule has 1 saturated heterocycles. The van der Waals surface area contributed by atoms with Crippen LogP contribution in [-0.4, -0.2) is 41.1 Å². The molecule has 4 nitrogen and oxygen atoms in total. The topological polar surface area (TPSA) is 52.6 Å². The van der Waals surface area contributed by atoms with Crippen molar-refractivity contribution in [3.63, 3.8) is 0 Å². The molecule has 1 aromatic carbocycles. The fourth-order valence-corrected chi connectivity index (χ4v) is 2.73. The lowest BCUT2D eigenvalue weighted by Crippen LogP contribution is -2.48. The van der Waals surface area contributed by atoms with Gasteiger partial charge in [-0.15, -0.1) is 0 Å². The fraction of sp³-hybridized carbons (Fsp3) is 0.562. The summed E-state index contributed by atoms with van der Waals surface area (Å²) in [7, 11) is 0. The number of likely N-dealkylation sites (tertiary alicyclic amines) is 1. The minimum absolute atomic E-state index is 0.0176. The number of aliphatic hydroxyl groups is 1. The number of amides is 1. The first-order valence-electron chi connectivity index (χ1n) is 7.32. The first kappa shape index (κ1) is 15.0. The Morgan fingerprint density at radius 1 is 1.50 bits per heavy atom. The number of rotatable bonds is 4. The van der Waals surface area contributed by atoms with E-state index in [1.54, 1.807) is 0 Å². The summed E-state index contributed by atoms with van der Waals surface area (Å²) in [5, 5.41) is 13.0. The lowest BCUT2D eigenvalue weighted by molar-refractivity contribution is -0.118. The number of benzene rings is 1. The van der Waals surface area contributed by atoms with E-state index >= 15 is 0 Å². The lowest BCUT2D eigenvalue weighted by Gasteiger charge is -2.36. The Morgan fingerprint density at radius 3 is 3.00 bits per heavy atom. The van der Waals surface area contributed by atoms with E-state index in [4.69, 9.17) is 0 Å². The van der Waals surface area contributed by atoms with Crippen LogP contribution in [0, 0.1) is 0 Å². The molecule has 0 radical (unpaired) electrons. The van der Waals surface area contributed by atoms with Crippen LogP contribution in [0.4, 0.5) is 5.69 Å². The summed E-state index contributed by atoms with van der Waals surface area (Å²) >= 11 is 0. The second kappa shape index (κ2) is 6.37. The Morgan fingerprint density at radius 2 is 2.30 bits per heavy atom. The third kappa shape index (κ3) is 4.32. The molecule has 0 aromatic heterocycles. The van der Waals surface area contributed by atoms with Crippen LogP contribution in [-0.2, 0) is 11.2 Å². The fourth-order valence-electron chi connectivity index (χ4n) is 2.73. The lowest BCUT2D eigenvalue weighted by atomic mass is 9.95. The summed E-state index contributed by atoms with van der Waals surface area (Å²) in [4.78, 5) is 14.1. The molecule has 1 unspecified atom stereocenters. The maximum Gasteiger partial charge on any atom is 0.238 e. The standard InChI is InChI=1S/C16H24N2O2/c1-3-13-6-4-7-14(10-13)17-15(19)11-18-9-5-8-16(2,20)12-18/h4,6-7,10,20H,3,5,8-9,11-12H2,1-2H3,(H,17,19). The first-order chi connectivity index (χ1) is 9.48. The van der Waals surface area contributed by atoms with Crippen LogP contribution >= 0.6 is 0 Å². The van der Waals surface area contributed by atoms with E-state index < -0.39 is 5.60 Å². The van der Waals surface area contributed by atoms with Gasteiger partial charge in [0, 0.05) is 12.2 Å². The van der Waals surface area contributed by atoms with Gasteiger partial charge in [0.2, 0.25) is 5.91 Å². The summed E-state index contributed by atoms with van der Waals surface area (Å²) < 4.78 is 0. The van der Waals surface area contributed by atoms with Gasteiger partial charge in [-0.3, -0.25) is 9.69 Å².